The molecule has 0 aliphatic heterocycles. The number of aromatic nitrogens is 3. The largest absolute Gasteiger partial charge is 0.304 e. The lowest BCUT2D eigenvalue weighted by Crippen LogP contribution is -1.91. The van der Waals surface area contributed by atoms with Gasteiger partial charge in [0.25, 0.3) is 0 Å². The van der Waals surface area contributed by atoms with E-state index >= 15 is 0 Å². The minimum absolute atomic E-state index is 0.837. The highest BCUT2D eigenvalue weighted by Crippen LogP contribution is 2.22. The Morgan fingerprint density at radius 1 is 1.27 bits per heavy atom. The highest BCUT2D eigenvalue weighted by molar-refractivity contribution is 9.10. The number of pyridine rings is 2. The van der Waals surface area contributed by atoms with Crippen LogP contribution in [0.5, 0.6) is 0 Å². The van der Waals surface area contributed by atoms with E-state index in [1.165, 1.54) is 5.69 Å². The molecule has 15 heavy (non-hydrogen) atoms. The van der Waals surface area contributed by atoms with Crippen LogP contribution in [0, 0.1) is 6.92 Å². The monoisotopic (exact) mass is 261 g/mol. The Morgan fingerprint density at radius 2 is 2.13 bits per heavy atom. The molecule has 0 bridgehead atoms. The summed E-state index contributed by atoms with van der Waals surface area (Å²) in [5.41, 5.74) is 2.15. The molecule has 3 heterocycles. The SMILES string of the molecule is Cc1cc2cnc(Br)cc2c2nccn12. The van der Waals surface area contributed by atoms with Crippen LogP contribution in [-0.4, -0.2) is 14.4 Å². The number of hydrogen-bond donors (Lipinski definition) is 0. The first-order valence-corrected chi connectivity index (χ1v) is 5.43. The van der Waals surface area contributed by atoms with Crippen LogP contribution in [-0.2, 0) is 0 Å². The van der Waals surface area contributed by atoms with Crippen molar-refractivity contribution < 1.29 is 0 Å². The van der Waals surface area contributed by atoms with Gasteiger partial charge in [0, 0.05) is 35.1 Å². The van der Waals surface area contributed by atoms with Crippen molar-refractivity contribution in [2.75, 3.05) is 0 Å². The van der Waals surface area contributed by atoms with Gasteiger partial charge in [-0.15, -0.1) is 0 Å². The quantitative estimate of drug-likeness (QED) is 0.583. The molecule has 0 aliphatic carbocycles. The fraction of sp³-hybridized carbons (Fsp3) is 0.0909. The van der Waals surface area contributed by atoms with Crippen molar-refractivity contribution in [3.63, 3.8) is 0 Å². The van der Waals surface area contributed by atoms with Gasteiger partial charge in [-0.3, -0.25) is 0 Å². The fourth-order valence-corrected chi connectivity index (χ4v) is 2.16. The minimum Gasteiger partial charge on any atom is -0.304 e. The molecule has 0 atom stereocenters. The molecule has 0 amide bonds. The molecule has 0 aromatic carbocycles. The molecule has 0 unspecified atom stereocenters. The number of rotatable bonds is 0. The van der Waals surface area contributed by atoms with E-state index < -0.39 is 0 Å². The molecule has 4 heteroatoms. The Hall–Kier alpha value is -1.42. The third-order valence-electron chi connectivity index (χ3n) is 2.53. The zero-order valence-electron chi connectivity index (χ0n) is 8.11. The van der Waals surface area contributed by atoms with Crippen LogP contribution in [0.1, 0.15) is 5.69 Å². The molecule has 0 saturated heterocycles. The summed E-state index contributed by atoms with van der Waals surface area (Å²) >= 11 is 3.38. The molecule has 0 aliphatic rings. The van der Waals surface area contributed by atoms with Crippen molar-refractivity contribution in [3.05, 3.63) is 41.0 Å². The van der Waals surface area contributed by atoms with Crippen LogP contribution in [0.2, 0.25) is 0 Å². The number of halogens is 1. The van der Waals surface area contributed by atoms with E-state index in [1.807, 2.05) is 24.7 Å². The average Bonchev–Trinajstić information content (AvgIpc) is 2.69. The Morgan fingerprint density at radius 3 is 3.00 bits per heavy atom. The van der Waals surface area contributed by atoms with Crippen molar-refractivity contribution >= 4 is 32.3 Å². The first-order valence-electron chi connectivity index (χ1n) is 4.63. The predicted molar refractivity (Wildman–Crippen MR) is 62.9 cm³/mol. The molecule has 0 radical (unpaired) electrons. The van der Waals surface area contributed by atoms with Gasteiger partial charge in [0.1, 0.15) is 10.3 Å². The number of nitrogens with zero attached hydrogens (tertiary/aromatic N) is 3. The Balaban J connectivity index is 2.61. The normalized spacial score (nSPS) is 11.3. The summed E-state index contributed by atoms with van der Waals surface area (Å²) in [4.78, 5) is 8.58. The third-order valence-corrected chi connectivity index (χ3v) is 2.96. The van der Waals surface area contributed by atoms with Crippen molar-refractivity contribution in [3.8, 4) is 0 Å². The topological polar surface area (TPSA) is 30.2 Å². The second kappa shape index (κ2) is 3.03. The van der Waals surface area contributed by atoms with Gasteiger partial charge in [-0.1, -0.05) is 0 Å². The van der Waals surface area contributed by atoms with Gasteiger partial charge in [-0.25, -0.2) is 9.97 Å². The molecule has 3 rings (SSSR count). The van der Waals surface area contributed by atoms with Gasteiger partial charge in [-0.05, 0) is 35.0 Å². The lowest BCUT2D eigenvalue weighted by molar-refractivity contribution is 1.10. The summed E-state index contributed by atoms with van der Waals surface area (Å²) in [6, 6.07) is 4.11. The Kier molecular flexibility index (Phi) is 1.79. The molecule has 0 spiro atoms. The van der Waals surface area contributed by atoms with Gasteiger partial charge in [0.05, 0.1) is 0 Å². The smallest absolute Gasteiger partial charge is 0.144 e. The number of fused-ring (bicyclic) bond motifs is 3. The fourth-order valence-electron chi connectivity index (χ4n) is 1.83. The summed E-state index contributed by atoms with van der Waals surface area (Å²) in [7, 11) is 0. The van der Waals surface area contributed by atoms with Crippen LogP contribution in [0.4, 0.5) is 0 Å². The maximum absolute atomic E-state index is 4.36. The van der Waals surface area contributed by atoms with Crippen LogP contribution in [0.3, 0.4) is 0 Å². The van der Waals surface area contributed by atoms with E-state index in [9.17, 15) is 0 Å². The average molecular weight is 262 g/mol. The van der Waals surface area contributed by atoms with Gasteiger partial charge in [0.2, 0.25) is 0 Å². The zero-order chi connectivity index (χ0) is 10.4. The first kappa shape index (κ1) is 8.85. The van der Waals surface area contributed by atoms with Crippen LogP contribution in [0.25, 0.3) is 16.4 Å². The van der Waals surface area contributed by atoms with E-state index in [2.05, 4.69) is 43.3 Å². The number of imidazole rings is 1. The van der Waals surface area contributed by atoms with Gasteiger partial charge in [-0.2, -0.15) is 0 Å². The highest BCUT2D eigenvalue weighted by Gasteiger charge is 2.05. The van der Waals surface area contributed by atoms with Crippen LogP contribution in [0.15, 0.2) is 35.3 Å². The standard InChI is InChI=1S/C11H8BrN3/c1-7-4-8-6-14-10(12)5-9(8)11-13-2-3-15(7)11/h2-6H,1H3. The number of hydrogen-bond acceptors (Lipinski definition) is 2. The molecular weight excluding hydrogens is 254 g/mol. The van der Waals surface area contributed by atoms with Crippen molar-refractivity contribution in [1.82, 2.24) is 14.4 Å². The molecule has 0 fully saturated rings. The Bertz CT molecular complexity index is 657. The summed E-state index contributed by atoms with van der Waals surface area (Å²) in [6.07, 6.45) is 5.65. The zero-order valence-corrected chi connectivity index (χ0v) is 9.69. The predicted octanol–water partition coefficient (Wildman–Crippen LogP) is 2.95. The molecule has 3 nitrogen and oxygen atoms in total. The van der Waals surface area contributed by atoms with Gasteiger partial charge < -0.3 is 4.40 Å². The van der Waals surface area contributed by atoms with E-state index in [4.69, 9.17) is 0 Å². The maximum atomic E-state index is 4.36. The molecule has 0 saturated carbocycles. The highest BCUT2D eigenvalue weighted by atomic mass is 79.9. The summed E-state index contributed by atoms with van der Waals surface area (Å²) in [6.45, 7) is 2.07. The summed E-state index contributed by atoms with van der Waals surface area (Å²) in [5.74, 6) is 0. The van der Waals surface area contributed by atoms with E-state index in [0.717, 1.165) is 21.0 Å². The molecular formula is C11H8BrN3. The van der Waals surface area contributed by atoms with Gasteiger partial charge in [0.15, 0.2) is 0 Å². The van der Waals surface area contributed by atoms with E-state index in [-0.39, 0.29) is 0 Å². The van der Waals surface area contributed by atoms with Crippen molar-refractivity contribution in [1.29, 1.82) is 0 Å². The van der Waals surface area contributed by atoms with Gasteiger partial charge >= 0.3 is 0 Å². The molecule has 3 aromatic heterocycles. The van der Waals surface area contributed by atoms with Crippen molar-refractivity contribution in [2.45, 2.75) is 6.92 Å². The van der Waals surface area contributed by atoms with Crippen LogP contribution < -0.4 is 0 Å². The second-order valence-electron chi connectivity index (χ2n) is 3.50. The lowest BCUT2D eigenvalue weighted by atomic mass is 10.2. The second-order valence-corrected chi connectivity index (χ2v) is 4.31. The third kappa shape index (κ3) is 1.25. The molecule has 0 N–H and O–H groups in total. The number of aryl methyl sites for hydroxylation is 1. The van der Waals surface area contributed by atoms with E-state index in [1.54, 1.807) is 0 Å². The Labute approximate surface area is 94.9 Å². The minimum atomic E-state index is 0.837. The van der Waals surface area contributed by atoms with Crippen LogP contribution >= 0.6 is 15.9 Å². The molecule has 74 valence electrons. The molecule has 3 aromatic rings. The summed E-state index contributed by atoms with van der Waals surface area (Å²) in [5, 5.41) is 2.24. The lowest BCUT2D eigenvalue weighted by Gasteiger charge is -2.04. The van der Waals surface area contributed by atoms with E-state index in [0.29, 0.717) is 0 Å². The van der Waals surface area contributed by atoms with Crippen molar-refractivity contribution in [2.24, 2.45) is 0 Å². The summed E-state index contributed by atoms with van der Waals surface area (Å²) < 4.78 is 2.91. The first-order chi connectivity index (χ1) is 7.25. The maximum Gasteiger partial charge on any atom is 0.144 e.